The Morgan fingerprint density at radius 3 is 2.67 bits per heavy atom. The zero-order valence-electron chi connectivity index (χ0n) is 11.3. The molecule has 1 saturated heterocycles. The molecule has 0 aromatic carbocycles. The van der Waals surface area contributed by atoms with Crippen LogP contribution in [0.25, 0.3) is 0 Å². The van der Waals surface area contributed by atoms with E-state index in [-0.39, 0.29) is 18.4 Å². The molecular formula is C11H23N3O3S. The lowest BCUT2D eigenvalue weighted by Crippen LogP contribution is -2.48. The molecule has 1 fully saturated rings. The number of amides is 1. The van der Waals surface area contributed by atoms with Crippen molar-refractivity contribution in [2.75, 3.05) is 33.7 Å². The Bertz CT molecular complexity index is 381. The third-order valence-electron chi connectivity index (χ3n) is 3.09. The summed E-state index contributed by atoms with van der Waals surface area (Å²) in [6, 6.07) is 0. The molecule has 1 heterocycles. The minimum atomic E-state index is -3.40. The lowest BCUT2D eigenvalue weighted by Gasteiger charge is -2.32. The summed E-state index contributed by atoms with van der Waals surface area (Å²) in [5.74, 6) is -0.254. The highest BCUT2D eigenvalue weighted by Gasteiger charge is 2.33. The molecule has 0 saturated carbocycles. The Kier molecular flexibility index (Phi) is 5.55. The van der Waals surface area contributed by atoms with Crippen molar-refractivity contribution in [3.63, 3.8) is 0 Å². The van der Waals surface area contributed by atoms with Gasteiger partial charge < -0.3 is 5.32 Å². The van der Waals surface area contributed by atoms with Gasteiger partial charge in [0.25, 0.3) is 10.2 Å². The second-order valence-electron chi connectivity index (χ2n) is 4.78. The predicted octanol–water partition coefficient (Wildman–Crippen LogP) is 0.0310. The molecule has 1 N–H and O–H groups in total. The third-order valence-corrected chi connectivity index (χ3v) is 5.00. The van der Waals surface area contributed by atoms with Gasteiger partial charge in [-0.1, -0.05) is 6.92 Å². The summed E-state index contributed by atoms with van der Waals surface area (Å²) in [4.78, 5) is 11.9. The number of hydrogen-bond acceptors (Lipinski definition) is 3. The van der Waals surface area contributed by atoms with Crippen molar-refractivity contribution in [1.29, 1.82) is 0 Å². The van der Waals surface area contributed by atoms with Crippen LogP contribution in [0.4, 0.5) is 0 Å². The first kappa shape index (κ1) is 15.4. The van der Waals surface area contributed by atoms with Gasteiger partial charge in [-0.25, -0.2) is 0 Å². The van der Waals surface area contributed by atoms with E-state index in [1.807, 2.05) is 6.92 Å². The average Bonchev–Trinajstić information content (AvgIpc) is 2.35. The zero-order valence-corrected chi connectivity index (χ0v) is 12.2. The quantitative estimate of drug-likeness (QED) is 0.771. The summed E-state index contributed by atoms with van der Waals surface area (Å²) >= 11 is 0. The van der Waals surface area contributed by atoms with E-state index in [0.29, 0.717) is 13.1 Å². The second-order valence-corrected chi connectivity index (χ2v) is 6.92. The van der Waals surface area contributed by atoms with Crippen LogP contribution in [-0.4, -0.2) is 56.7 Å². The molecule has 18 heavy (non-hydrogen) atoms. The van der Waals surface area contributed by atoms with Crippen LogP contribution in [0, 0.1) is 5.92 Å². The fraction of sp³-hybridized carbons (Fsp3) is 0.909. The van der Waals surface area contributed by atoms with E-state index < -0.39 is 10.2 Å². The van der Waals surface area contributed by atoms with Crippen molar-refractivity contribution >= 4 is 16.1 Å². The number of rotatable bonds is 5. The van der Waals surface area contributed by atoms with Crippen molar-refractivity contribution in [3.05, 3.63) is 0 Å². The van der Waals surface area contributed by atoms with E-state index in [4.69, 9.17) is 0 Å². The lowest BCUT2D eigenvalue weighted by atomic mass is 9.99. The molecule has 0 aromatic heterocycles. The van der Waals surface area contributed by atoms with Gasteiger partial charge in [0.05, 0.1) is 5.92 Å². The van der Waals surface area contributed by atoms with Gasteiger partial charge in [-0.2, -0.15) is 17.0 Å². The van der Waals surface area contributed by atoms with E-state index in [0.717, 1.165) is 19.3 Å². The van der Waals surface area contributed by atoms with Crippen molar-refractivity contribution in [2.24, 2.45) is 5.92 Å². The van der Waals surface area contributed by atoms with Crippen molar-refractivity contribution in [3.8, 4) is 0 Å². The molecule has 6 nitrogen and oxygen atoms in total. The Morgan fingerprint density at radius 1 is 1.44 bits per heavy atom. The number of piperidine rings is 1. The minimum absolute atomic E-state index is 0.0319. The standard InChI is InChI=1S/C11H23N3O3S/c1-4-7-12-11(15)10-6-5-8-14(9-10)18(16,17)13(2)3/h10H,4-9H2,1-3H3,(H,12,15). The third kappa shape index (κ3) is 3.66. The van der Waals surface area contributed by atoms with Crippen molar-refractivity contribution in [1.82, 2.24) is 13.9 Å². The number of nitrogens with one attached hydrogen (secondary N) is 1. The topological polar surface area (TPSA) is 69.7 Å². The van der Waals surface area contributed by atoms with Gasteiger partial charge in [-0.15, -0.1) is 0 Å². The largest absolute Gasteiger partial charge is 0.356 e. The molecule has 1 amide bonds. The smallest absolute Gasteiger partial charge is 0.281 e. The van der Waals surface area contributed by atoms with E-state index >= 15 is 0 Å². The van der Waals surface area contributed by atoms with Crippen LogP contribution in [0.1, 0.15) is 26.2 Å². The highest BCUT2D eigenvalue weighted by molar-refractivity contribution is 7.86. The maximum Gasteiger partial charge on any atom is 0.281 e. The van der Waals surface area contributed by atoms with Crippen LogP contribution in [-0.2, 0) is 15.0 Å². The minimum Gasteiger partial charge on any atom is -0.356 e. The lowest BCUT2D eigenvalue weighted by molar-refractivity contribution is -0.126. The van der Waals surface area contributed by atoms with Gasteiger partial charge in [0.15, 0.2) is 0 Å². The summed E-state index contributed by atoms with van der Waals surface area (Å²) < 4.78 is 26.6. The first-order valence-corrected chi connectivity index (χ1v) is 7.74. The van der Waals surface area contributed by atoms with Gasteiger partial charge in [-0.05, 0) is 19.3 Å². The first-order valence-electron chi connectivity index (χ1n) is 6.35. The van der Waals surface area contributed by atoms with E-state index in [1.165, 1.54) is 22.7 Å². The van der Waals surface area contributed by atoms with Crippen LogP contribution in [0.5, 0.6) is 0 Å². The number of carbonyl (C=O) groups is 1. The van der Waals surface area contributed by atoms with Gasteiger partial charge in [0, 0.05) is 33.7 Å². The van der Waals surface area contributed by atoms with Crippen LogP contribution in [0.15, 0.2) is 0 Å². The van der Waals surface area contributed by atoms with Crippen molar-refractivity contribution in [2.45, 2.75) is 26.2 Å². The van der Waals surface area contributed by atoms with Crippen LogP contribution < -0.4 is 5.32 Å². The van der Waals surface area contributed by atoms with Gasteiger partial charge in [-0.3, -0.25) is 4.79 Å². The first-order chi connectivity index (χ1) is 8.39. The molecule has 1 atom stereocenters. The molecule has 0 aliphatic carbocycles. The molecule has 7 heteroatoms. The molecular weight excluding hydrogens is 254 g/mol. The molecule has 0 radical (unpaired) electrons. The molecule has 1 aliphatic heterocycles. The number of nitrogens with zero attached hydrogens (tertiary/aromatic N) is 2. The zero-order chi connectivity index (χ0) is 13.8. The second kappa shape index (κ2) is 6.49. The molecule has 1 aliphatic rings. The normalized spacial score (nSPS) is 22.1. The number of hydrogen-bond donors (Lipinski definition) is 1. The summed E-state index contributed by atoms with van der Waals surface area (Å²) in [6.45, 7) is 3.42. The fourth-order valence-electron chi connectivity index (χ4n) is 1.99. The molecule has 0 aromatic rings. The highest BCUT2D eigenvalue weighted by atomic mass is 32.2. The highest BCUT2D eigenvalue weighted by Crippen LogP contribution is 2.20. The SMILES string of the molecule is CCCNC(=O)C1CCCN(S(=O)(=O)N(C)C)C1. The van der Waals surface area contributed by atoms with Crippen LogP contribution >= 0.6 is 0 Å². The van der Waals surface area contributed by atoms with Gasteiger partial charge in [0.2, 0.25) is 5.91 Å². The summed E-state index contributed by atoms with van der Waals surface area (Å²) in [5, 5.41) is 2.83. The van der Waals surface area contributed by atoms with Crippen molar-refractivity contribution < 1.29 is 13.2 Å². The predicted molar refractivity (Wildman–Crippen MR) is 70.2 cm³/mol. The van der Waals surface area contributed by atoms with Gasteiger partial charge >= 0.3 is 0 Å². The van der Waals surface area contributed by atoms with E-state index in [2.05, 4.69) is 5.32 Å². The Morgan fingerprint density at radius 2 is 2.11 bits per heavy atom. The van der Waals surface area contributed by atoms with Crippen LogP contribution in [0.2, 0.25) is 0 Å². The Hall–Kier alpha value is -0.660. The van der Waals surface area contributed by atoms with E-state index in [1.54, 1.807) is 0 Å². The van der Waals surface area contributed by atoms with Crippen LogP contribution in [0.3, 0.4) is 0 Å². The monoisotopic (exact) mass is 277 g/mol. The Balaban J connectivity index is 2.64. The number of carbonyl (C=O) groups excluding carboxylic acids is 1. The van der Waals surface area contributed by atoms with Gasteiger partial charge in [0.1, 0.15) is 0 Å². The molecule has 106 valence electrons. The maximum absolute atomic E-state index is 12.0. The maximum atomic E-state index is 12.0. The molecule has 1 rings (SSSR count). The average molecular weight is 277 g/mol. The Labute approximate surface area is 110 Å². The molecule has 0 spiro atoms. The molecule has 0 bridgehead atoms. The summed E-state index contributed by atoms with van der Waals surface area (Å²) in [5.41, 5.74) is 0. The summed E-state index contributed by atoms with van der Waals surface area (Å²) in [6.07, 6.45) is 2.38. The fourth-order valence-corrected chi connectivity index (χ4v) is 3.18. The molecule has 1 unspecified atom stereocenters. The summed E-state index contributed by atoms with van der Waals surface area (Å²) in [7, 11) is -0.380. The van der Waals surface area contributed by atoms with E-state index in [9.17, 15) is 13.2 Å².